The van der Waals surface area contributed by atoms with E-state index in [2.05, 4.69) is 5.32 Å². The van der Waals surface area contributed by atoms with Gasteiger partial charge >= 0.3 is 5.97 Å². The average Bonchev–Trinajstić information content (AvgIpc) is 3.03. The van der Waals surface area contributed by atoms with Crippen LogP contribution in [-0.2, 0) is 16.0 Å². The highest BCUT2D eigenvalue weighted by Crippen LogP contribution is 2.37. The van der Waals surface area contributed by atoms with Crippen molar-refractivity contribution in [3.63, 3.8) is 0 Å². The summed E-state index contributed by atoms with van der Waals surface area (Å²) in [6.45, 7) is 0.702. The van der Waals surface area contributed by atoms with Gasteiger partial charge in [0.05, 0.1) is 18.6 Å². The number of hydrogen-bond donors (Lipinski definition) is 2. The lowest BCUT2D eigenvalue weighted by Gasteiger charge is -2.21. The Kier molecular flexibility index (Phi) is 4.51. The van der Waals surface area contributed by atoms with Crippen LogP contribution in [-0.4, -0.2) is 25.5 Å². The first-order valence-electron chi connectivity index (χ1n) is 7.89. The SMILES string of the molecule is COC(=O)c1ccc(CC(C(N)=O)C2CNc3ccccc32)cc1. The van der Waals surface area contributed by atoms with Crippen molar-refractivity contribution in [1.82, 2.24) is 0 Å². The predicted octanol–water partition coefficient (Wildman–Crippen LogP) is 2.33. The zero-order valence-corrected chi connectivity index (χ0v) is 13.5. The maximum Gasteiger partial charge on any atom is 0.337 e. The average molecular weight is 324 g/mol. The molecule has 124 valence electrons. The van der Waals surface area contributed by atoms with Gasteiger partial charge in [0.15, 0.2) is 0 Å². The molecule has 1 amide bonds. The fourth-order valence-electron chi connectivity index (χ4n) is 3.26. The number of hydrogen-bond acceptors (Lipinski definition) is 4. The predicted molar refractivity (Wildman–Crippen MR) is 91.8 cm³/mol. The van der Waals surface area contributed by atoms with Gasteiger partial charge in [-0.3, -0.25) is 4.79 Å². The number of carbonyl (C=O) groups is 2. The van der Waals surface area contributed by atoms with E-state index in [-0.39, 0.29) is 23.7 Å². The van der Waals surface area contributed by atoms with Gasteiger partial charge in [0, 0.05) is 18.2 Å². The number of para-hydroxylation sites is 1. The normalized spacial score (nSPS) is 16.8. The number of nitrogens with one attached hydrogen (secondary N) is 1. The van der Waals surface area contributed by atoms with Gasteiger partial charge in [-0.05, 0) is 35.7 Å². The second-order valence-electron chi connectivity index (χ2n) is 5.98. The van der Waals surface area contributed by atoms with Gasteiger partial charge in [-0.15, -0.1) is 0 Å². The Morgan fingerprint density at radius 1 is 1.21 bits per heavy atom. The number of fused-ring (bicyclic) bond motifs is 1. The van der Waals surface area contributed by atoms with Gasteiger partial charge in [-0.25, -0.2) is 4.79 Å². The lowest BCUT2D eigenvalue weighted by Crippen LogP contribution is -2.31. The van der Waals surface area contributed by atoms with E-state index >= 15 is 0 Å². The number of amides is 1. The number of rotatable bonds is 5. The Bertz CT molecular complexity index is 755. The van der Waals surface area contributed by atoms with Crippen molar-refractivity contribution in [3.8, 4) is 0 Å². The van der Waals surface area contributed by atoms with Crippen molar-refractivity contribution >= 4 is 17.6 Å². The molecule has 0 spiro atoms. The topological polar surface area (TPSA) is 81.4 Å². The number of anilines is 1. The zero-order valence-electron chi connectivity index (χ0n) is 13.5. The molecule has 0 fully saturated rings. The molecule has 5 nitrogen and oxygen atoms in total. The molecule has 2 aromatic rings. The molecular weight excluding hydrogens is 304 g/mol. The minimum Gasteiger partial charge on any atom is -0.465 e. The summed E-state index contributed by atoms with van der Waals surface area (Å²) in [5.41, 5.74) is 9.34. The number of primary amides is 1. The molecule has 24 heavy (non-hydrogen) atoms. The molecule has 0 bridgehead atoms. The van der Waals surface area contributed by atoms with Gasteiger partial charge < -0.3 is 15.8 Å². The van der Waals surface area contributed by atoms with Gasteiger partial charge in [0.2, 0.25) is 5.91 Å². The van der Waals surface area contributed by atoms with Crippen LogP contribution in [0.25, 0.3) is 0 Å². The van der Waals surface area contributed by atoms with E-state index in [1.54, 1.807) is 12.1 Å². The van der Waals surface area contributed by atoms with Crippen molar-refractivity contribution in [2.45, 2.75) is 12.3 Å². The number of carbonyl (C=O) groups excluding carboxylic acids is 2. The highest BCUT2D eigenvalue weighted by atomic mass is 16.5. The summed E-state index contributed by atoms with van der Waals surface area (Å²) in [7, 11) is 1.35. The quantitative estimate of drug-likeness (QED) is 0.827. The third-order valence-corrected chi connectivity index (χ3v) is 4.55. The van der Waals surface area contributed by atoms with Crippen LogP contribution in [0.5, 0.6) is 0 Å². The number of nitrogens with two attached hydrogens (primary N) is 1. The van der Waals surface area contributed by atoms with Crippen LogP contribution >= 0.6 is 0 Å². The summed E-state index contributed by atoms with van der Waals surface area (Å²) in [4.78, 5) is 23.5. The Morgan fingerprint density at radius 2 is 1.92 bits per heavy atom. The zero-order chi connectivity index (χ0) is 17.1. The molecule has 5 heteroatoms. The third-order valence-electron chi connectivity index (χ3n) is 4.55. The van der Waals surface area contributed by atoms with Crippen LogP contribution in [0.15, 0.2) is 48.5 Å². The lowest BCUT2D eigenvalue weighted by molar-refractivity contribution is -0.122. The largest absolute Gasteiger partial charge is 0.465 e. The molecule has 3 N–H and O–H groups in total. The molecule has 0 saturated carbocycles. The molecule has 0 aromatic heterocycles. The van der Waals surface area contributed by atoms with Crippen molar-refractivity contribution in [2.75, 3.05) is 19.0 Å². The molecule has 1 heterocycles. The number of esters is 1. The Morgan fingerprint density at radius 3 is 2.58 bits per heavy atom. The minimum absolute atomic E-state index is 0.0546. The van der Waals surface area contributed by atoms with Gasteiger partial charge in [-0.2, -0.15) is 0 Å². The third kappa shape index (κ3) is 3.11. The van der Waals surface area contributed by atoms with E-state index in [1.807, 2.05) is 36.4 Å². The van der Waals surface area contributed by atoms with E-state index in [0.717, 1.165) is 16.8 Å². The Balaban J connectivity index is 1.81. The minimum atomic E-state index is -0.373. The molecule has 0 aliphatic carbocycles. The van der Waals surface area contributed by atoms with E-state index in [1.165, 1.54) is 7.11 Å². The Hall–Kier alpha value is -2.82. The molecule has 1 aliphatic rings. The number of methoxy groups -OCH3 is 1. The van der Waals surface area contributed by atoms with Gasteiger partial charge in [-0.1, -0.05) is 30.3 Å². The van der Waals surface area contributed by atoms with E-state index in [4.69, 9.17) is 10.5 Å². The first kappa shape index (κ1) is 16.1. The molecule has 1 aliphatic heterocycles. The van der Waals surface area contributed by atoms with Crippen LogP contribution in [0.1, 0.15) is 27.4 Å². The number of ether oxygens (including phenoxy) is 1. The van der Waals surface area contributed by atoms with Crippen molar-refractivity contribution in [2.24, 2.45) is 11.7 Å². The molecular formula is C19H20N2O3. The van der Waals surface area contributed by atoms with Crippen LogP contribution in [0, 0.1) is 5.92 Å². The van der Waals surface area contributed by atoms with Crippen LogP contribution in [0.2, 0.25) is 0 Å². The van der Waals surface area contributed by atoms with E-state index in [0.29, 0.717) is 18.5 Å². The summed E-state index contributed by atoms with van der Waals surface area (Å²) >= 11 is 0. The monoisotopic (exact) mass is 324 g/mol. The second kappa shape index (κ2) is 6.74. The standard InChI is InChI=1S/C19H20N2O3/c1-24-19(23)13-8-6-12(7-9-13)10-15(18(20)22)16-11-21-17-5-3-2-4-14(16)17/h2-9,15-16,21H,10-11H2,1H3,(H2,20,22). The summed E-state index contributed by atoms with van der Waals surface area (Å²) < 4.78 is 4.69. The molecule has 0 radical (unpaired) electrons. The van der Waals surface area contributed by atoms with Gasteiger partial charge in [0.25, 0.3) is 0 Å². The number of benzene rings is 2. The fourth-order valence-corrected chi connectivity index (χ4v) is 3.26. The van der Waals surface area contributed by atoms with Crippen molar-refractivity contribution in [3.05, 3.63) is 65.2 Å². The highest BCUT2D eigenvalue weighted by molar-refractivity contribution is 5.89. The van der Waals surface area contributed by atoms with Gasteiger partial charge in [0.1, 0.15) is 0 Å². The highest BCUT2D eigenvalue weighted by Gasteiger charge is 2.33. The maximum absolute atomic E-state index is 12.0. The second-order valence-corrected chi connectivity index (χ2v) is 5.98. The fraction of sp³-hybridized carbons (Fsp3) is 0.263. The molecule has 2 atom stereocenters. The van der Waals surface area contributed by atoms with Crippen LogP contribution in [0.3, 0.4) is 0 Å². The van der Waals surface area contributed by atoms with Crippen molar-refractivity contribution in [1.29, 1.82) is 0 Å². The smallest absolute Gasteiger partial charge is 0.337 e. The van der Waals surface area contributed by atoms with Crippen LogP contribution in [0.4, 0.5) is 5.69 Å². The summed E-state index contributed by atoms with van der Waals surface area (Å²) in [6.07, 6.45) is 0.539. The van der Waals surface area contributed by atoms with Crippen molar-refractivity contribution < 1.29 is 14.3 Å². The first-order chi connectivity index (χ1) is 11.6. The summed E-state index contributed by atoms with van der Waals surface area (Å²) in [5, 5.41) is 3.33. The molecule has 2 unspecified atom stereocenters. The molecule has 0 saturated heterocycles. The summed E-state index contributed by atoms with van der Waals surface area (Å²) in [6, 6.07) is 15.1. The van der Waals surface area contributed by atoms with E-state index in [9.17, 15) is 9.59 Å². The Labute approximate surface area is 140 Å². The maximum atomic E-state index is 12.0. The lowest BCUT2D eigenvalue weighted by atomic mass is 9.82. The molecule has 3 rings (SSSR count). The van der Waals surface area contributed by atoms with Crippen LogP contribution < -0.4 is 11.1 Å². The van der Waals surface area contributed by atoms with E-state index < -0.39 is 0 Å². The first-order valence-corrected chi connectivity index (χ1v) is 7.89. The summed E-state index contributed by atoms with van der Waals surface area (Å²) in [5.74, 6) is -0.929. The molecule has 2 aromatic carbocycles.